The van der Waals surface area contributed by atoms with Gasteiger partial charge in [-0.1, -0.05) is 55.4 Å². The second-order valence-electron chi connectivity index (χ2n) is 5.22. The number of H-pyrrole nitrogens is 1. The van der Waals surface area contributed by atoms with Gasteiger partial charge < -0.3 is 0 Å². The number of nitrogens with one attached hydrogen (secondary N) is 1. The van der Waals surface area contributed by atoms with Gasteiger partial charge in [0.15, 0.2) is 5.16 Å². The number of benzene rings is 1. The van der Waals surface area contributed by atoms with Crippen LogP contribution in [0, 0.1) is 0 Å². The quantitative estimate of drug-likeness (QED) is 0.742. The van der Waals surface area contributed by atoms with Crippen molar-refractivity contribution in [1.29, 1.82) is 0 Å². The number of fused-ring (bicyclic) bond motifs is 1. The lowest BCUT2D eigenvalue weighted by molar-refractivity contribution is 0.788. The number of halogens is 1. The molecule has 0 saturated heterocycles. The zero-order chi connectivity index (χ0) is 15.7. The fourth-order valence-electron chi connectivity index (χ4n) is 2.00. The molecule has 22 heavy (non-hydrogen) atoms. The van der Waals surface area contributed by atoms with Gasteiger partial charge >= 0.3 is 0 Å². The maximum Gasteiger partial charge on any atom is 0.274 e. The molecule has 1 N–H and O–H groups in total. The third-order valence-corrected chi connectivity index (χ3v) is 4.52. The number of hydrogen-bond acceptors (Lipinski definition) is 4. The first-order valence-electron chi connectivity index (χ1n) is 6.90. The minimum Gasteiger partial charge on any atom is -0.267 e. The highest BCUT2D eigenvalue weighted by Gasteiger charge is 2.11. The number of aromatic nitrogens is 4. The molecular weight excluding hydrogens is 320 g/mol. The minimum absolute atomic E-state index is 0.147. The summed E-state index contributed by atoms with van der Waals surface area (Å²) in [5.41, 5.74) is 1.63. The van der Waals surface area contributed by atoms with Gasteiger partial charge in [-0.3, -0.25) is 9.89 Å². The van der Waals surface area contributed by atoms with E-state index >= 15 is 0 Å². The van der Waals surface area contributed by atoms with E-state index in [2.05, 4.69) is 15.1 Å². The van der Waals surface area contributed by atoms with Crippen LogP contribution in [-0.4, -0.2) is 19.6 Å². The Balaban J connectivity index is 1.88. The lowest BCUT2D eigenvalue weighted by Gasteiger charge is -2.01. The van der Waals surface area contributed by atoms with E-state index in [0.717, 1.165) is 16.3 Å². The first-order valence-corrected chi connectivity index (χ1v) is 8.27. The van der Waals surface area contributed by atoms with Crippen LogP contribution in [0.3, 0.4) is 0 Å². The summed E-state index contributed by atoms with van der Waals surface area (Å²) in [5.74, 6) is 1.26. The highest BCUT2D eigenvalue weighted by molar-refractivity contribution is 7.98. The van der Waals surface area contributed by atoms with E-state index < -0.39 is 0 Å². The second-order valence-corrected chi connectivity index (χ2v) is 6.59. The van der Waals surface area contributed by atoms with Crippen LogP contribution >= 0.6 is 23.4 Å². The van der Waals surface area contributed by atoms with Crippen molar-refractivity contribution in [1.82, 2.24) is 19.6 Å². The number of thioether (sulfide) groups is 1. The van der Waals surface area contributed by atoms with Gasteiger partial charge in [0.1, 0.15) is 0 Å². The van der Waals surface area contributed by atoms with E-state index in [0.29, 0.717) is 16.7 Å². The van der Waals surface area contributed by atoms with Crippen LogP contribution in [0.25, 0.3) is 5.78 Å². The lowest BCUT2D eigenvalue weighted by atomic mass is 10.1. The zero-order valence-electron chi connectivity index (χ0n) is 12.2. The molecule has 0 amide bonds. The Bertz CT molecular complexity index is 871. The Labute approximate surface area is 136 Å². The number of rotatable bonds is 4. The second kappa shape index (κ2) is 6.14. The van der Waals surface area contributed by atoms with Crippen LogP contribution < -0.4 is 5.56 Å². The van der Waals surface area contributed by atoms with Crippen molar-refractivity contribution in [3.8, 4) is 0 Å². The summed E-state index contributed by atoms with van der Waals surface area (Å²) >= 11 is 7.62. The standard InChI is InChI=1S/C15H15ClN4OS/c1-9(2)12-7-13(21)20-14(17-12)18-15(19-20)22-8-10-5-3-4-6-11(10)16/h3-7,9H,8H2,1-2H3,(H,17,18,19). The summed E-state index contributed by atoms with van der Waals surface area (Å²) < 4.78 is 1.36. The van der Waals surface area contributed by atoms with Gasteiger partial charge in [-0.2, -0.15) is 9.50 Å². The van der Waals surface area contributed by atoms with Gasteiger partial charge in [-0.25, -0.2) is 4.98 Å². The van der Waals surface area contributed by atoms with E-state index in [4.69, 9.17) is 11.6 Å². The molecule has 0 bridgehead atoms. The molecule has 0 aliphatic rings. The summed E-state index contributed by atoms with van der Waals surface area (Å²) in [7, 11) is 0. The summed E-state index contributed by atoms with van der Waals surface area (Å²) in [6, 6.07) is 9.21. The van der Waals surface area contributed by atoms with E-state index in [1.807, 2.05) is 38.1 Å². The van der Waals surface area contributed by atoms with Crippen LogP contribution in [0.4, 0.5) is 0 Å². The molecule has 1 aromatic carbocycles. The van der Waals surface area contributed by atoms with Crippen molar-refractivity contribution >= 4 is 29.1 Å². The molecule has 0 spiro atoms. The zero-order valence-corrected chi connectivity index (χ0v) is 13.8. The summed E-state index contributed by atoms with van der Waals surface area (Å²) in [5, 5.41) is 4.34. The van der Waals surface area contributed by atoms with E-state index in [9.17, 15) is 4.79 Å². The molecule has 5 nitrogen and oxygen atoms in total. The molecule has 2 aromatic heterocycles. The van der Waals surface area contributed by atoms with Gasteiger partial charge in [0.05, 0.1) is 5.69 Å². The van der Waals surface area contributed by atoms with Crippen LogP contribution in [-0.2, 0) is 5.75 Å². The molecule has 0 aliphatic heterocycles. The monoisotopic (exact) mass is 334 g/mol. The van der Waals surface area contributed by atoms with Crippen molar-refractivity contribution < 1.29 is 0 Å². The largest absolute Gasteiger partial charge is 0.274 e. The van der Waals surface area contributed by atoms with Gasteiger partial charge in [-0.15, -0.1) is 0 Å². The smallest absolute Gasteiger partial charge is 0.267 e. The molecule has 3 rings (SSSR count). The predicted molar refractivity (Wildman–Crippen MR) is 88.7 cm³/mol. The van der Waals surface area contributed by atoms with Crippen LogP contribution in [0.15, 0.2) is 40.3 Å². The molecule has 2 heterocycles. The van der Waals surface area contributed by atoms with Crippen LogP contribution in [0.5, 0.6) is 0 Å². The molecule has 0 atom stereocenters. The van der Waals surface area contributed by atoms with Gasteiger partial charge in [-0.05, 0) is 17.5 Å². The topological polar surface area (TPSA) is 63.0 Å². The first kappa shape index (κ1) is 15.1. The fourth-order valence-corrected chi connectivity index (χ4v) is 3.13. The Morgan fingerprint density at radius 3 is 2.82 bits per heavy atom. The summed E-state index contributed by atoms with van der Waals surface area (Å²) in [4.78, 5) is 20.9. The van der Waals surface area contributed by atoms with E-state index in [-0.39, 0.29) is 11.5 Å². The Kier molecular flexibility index (Phi) is 4.22. The SMILES string of the molecule is CC(C)c1cc(=O)n2[nH]c(SCc3ccccc3Cl)nc2n1. The van der Waals surface area contributed by atoms with Gasteiger partial charge in [0.2, 0.25) is 0 Å². The van der Waals surface area contributed by atoms with E-state index in [1.165, 1.54) is 16.3 Å². The number of hydrogen-bond donors (Lipinski definition) is 1. The molecule has 0 saturated carbocycles. The normalized spacial score (nSPS) is 11.5. The van der Waals surface area contributed by atoms with Crippen molar-refractivity contribution in [2.75, 3.05) is 0 Å². The molecular formula is C15H15ClN4OS. The maximum absolute atomic E-state index is 12.1. The van der Waals surface area contributed by atoms with Crippen molar-refractivity contribution in [3.05, 3.63) is 57.0 Å². The van der Waals surface area contributed by atoms with E-state index in [1.54, 1.807) is 6.07 Å². The fraction of sp³-hybridized carbons (Fsp3) is 0.267. The van der Waals surface area contributed by atoms with Crippen molar-refractivity contribution in [3.63, 3.8) is 0 Å². The summed E-state index contributed by atoms with van der Waals surface area (Å²) in [6.07, 6.45) is 0. The third kappa shape index (κ3) is 3.03. The van der Waals surface area contributed by atoms with Crippen LogP contribution in [0.2, 0.25) is 5.02 Å². The Morgan fingerprint density at radius 2 is 2.09 bits per heavy atom. The molecule has 3 aromatic rings. The summed E-state index contributed by atoms with van der Waals surface area (Å²) in [6.45, 7) is 4.00. The molecule has 0 fully saturated rings. The Morgan fingerprint density at radius 1 is 1.32 bits per heavy atom. The van der Waals surface area contributed by atoms with Crippen molar-refractivity contribution in [2.45, 2.75) is 30.7 Å². The molecule has 114 valence electrons. The average molecular weight is 335 g/mol. The lowest BCUT2D eigenvalue weighted by Crippen LogP contribution is -2.16. The van der Waals surface area contributed by atoms with Crippen LogP contribution in [0.1, 0.15) is 31.0 Å². The minimum atomic E-state index is -0.147. The third-order valence-electron chi connectivity index (χ3n) is 3.24. The molecule has 0 unspecified atom stereocenters. The first-order chi connectivity index (χ1) is 10.5. The number of aromatic amines is 1. The van der Waals surface area contributed by atoms with Crippen molar-refractivity contribution in [2.24, 2.45) is 0 Å². The maximum atomic E-state index is 12.1. The highest BCUT2D eigenvalue weighted by atomic mass is 35.5. The Hall–Kier alpha value is -1.79. The highest BCUT2D eigenvalue weighted by Crippen LogP contribution is 2.24. The predicted octanol–water partition coefficient (Wildman–Crippen LogP) is 3.49. The molecule has 7 heteroatoms. The van der Waals surface area contributed by atoms with Gasteiger partial charge in [0.25, 0.3) is 11.3 Å². The molecule has 0 aliphatic carbocycles. The van der Waals surface area contributed by atoms with Gasteiger partial charge in [0, 0.05) is 16.8 Å². The average Bonchev–Trinajstić information content (AvgIpc) is 2.90. The molecule has 0 radical (unpaired) electrons. The number of nitrogens with zero attached hydrogens (tertiary/aromatic N) is 3.